The van der Waals surface area contributed by atoms with E-state index in [9.17, 15) is 0 Å². The summed E-state index contributed by atoms with van der Waals surface area (Å²) in [5.74, 6) is 0. The maximum Gasteiger partial charge on any atom is 0.135 e. The lowest BCUT2D eigenvalue weighted by molar-refractivity contribution is 0.586. The molecule has 2 heteroatoms. The van der Waals surface area contributed by atoms with Gasteiger partial charge in [-0.15, -0.1) is 0 Å². The Morgan fingerprint density at radius 2 is 1.11 bits per heavy atom. The van der Waals surface area contributed by atoms with Crippen molar-refractivity contribution >= 4 is 33.3 Å². The van der Waals surface area contributed by atoms with Gasteiger partial charge in [-0.25, -0.2) is 0 Å². The van der Waals surface area contributed by atoms with Crippen LogP contribution in [-0.2, 0) is 16.2 Å². The van der Waals surface area contributed by atoms with Gasteiger partial charge in [0.15, 0.2) is 0 Å². The highest BCUT2D eigenvalue weighted by Crippen LogP contribution is 2.64. The van der Waals surface area contributed by atoms with E-state index >= 15 is 0 Å². The molecule has 1 aromatic heterocycles. The van der Waals surface area contributed by atoms with Gasteiger partial charge in [-0.2, -0.15) is 0 Å². The first kappa shape index (κ1) is 28.2. The Balaban J connectivity index is 1.32. The molecule has 0 atom stereocenters. The SMILES string of the molecule is CC(C)(C)c1ccc2c(c1)C1(c3cc(C(C)(C)C)ccc3-2)c2ccccc2-c2c(Nc3ccc4oc5ccccc5c4c3)cccc21. The second-order valence-electron chi connectivity index (χ2n) is 15.5. The predicted octanol–water partition coefficient (Wildman–Crippen LogP) is 12.3. The molecule has 6 aromatic carbocycles. The number of hydrogen-bond acceptors (Lipinski definition) is 2. The molecule has 230 valence electrons. The van der Waals surface area contributed by atoms with Crippen LogP contribution in [0.25, 0.3) is 44.2 Å². The Morgan fingerprint density at radius 1 is 0.489 bits per heavy atom. The molecule has 0 unspecified atom stereocenters. The molecule has 2 aliphatic carbocycles. The van der Waals surface area contributed by atoms with Crippen molar-refractivity contribution in [3.8, 4) is 22.3 Å². The Morgan fingerprint density at radius 3 is 1.81 bits per heavy atom. The lowest BCUT2D eigenvalue weighted by Crippen LogP contribution is -2.27. The zero-order valence-electron chi connectivity index (χ0n) is 28.0. The molecular weight excluding hydrogens is 571 g/mol. The molecule has 2 aliphatic rings. The van der Waals surface area contributed by atoms with Gasteiger partial charge in [0.05, 0.1) is 5.41 Å². The van der Waals surface area contributed by atoms with Gasteiger partial charge in [0.1, 0.15) is 11.2 Å². The summed E-state index contributed by atoms with van der Waals surface area (Å²) < 4.78 is 6.15. The molecule has 0 amide bonds. The summed E-state index contributed by atoms with van der Waals surface area (Å²) >= 11 is 0. The maximum atomic E-state index is 6.15. The van der Waals surface area contributed by atoms with E-state index in [1.807, 2.05) is 12.1 Å². The third kappa shape index (κ3) is 3.91. The summed E-state index contributed by atoms with van der Waals surface area (Å²) in [5, 5.41) is 6.14. The van der Waals surface area contributed by atoms with Crippen LogP contribution in [0.15, 0.2) is 126 Å². The Bertz CT molecular complexity index is 2350. The van der Waals surface area contributed by atoms with Crippen molar-refractivity contribution in [3.05, 3.63) is 155 Å². The van der Waals surface area contributed by atoms with Crippen molar-refractivity contribution in [1.82, 2.24) is 0 Å². The standard InChI is InChI=1S/C45H39NO/c1-43(2,3)27-18-21-30-31-22-19-28(44(4,5)6)25-38(31)45(37(30)24-27)35-14-9-7-13-33(35)42-36(45)15-11-16-39(42)46-29-20-23-41-34(26-29)32-12-8-10-17-40(32)47-41/h7-26,46H,1-6H3. The average molecular weight is 610 g/mol. The van der Waals surface area contributed by atoms with Crippen LogP contribution in [0.4, 0.5) is 11.4 Å². The highest BCUT2D eigenvalue weighted by atomic mass is 16.3. The van der Waals surface area contributed by atoms with E-state index in [0.717, 1.165) is 33.3 Å². The molecule has 1 heterocycles. The lowest BCUT2D eigenvalue weighted by Gasteiger charge is -2.33. The van der Waals surface area contributed by atoms with E-state index in [1.165, 1.54) is 55.6 Å². The molecule has 0 fully saturated rings. The van der Waals surface area contributed by atoms with Crippen LogP contribution < -0.4 is 5.32 Å². The minimum Gasteiger partial charge on any atom is -0.456 e. The average Bonchev–Trinajstić information content (AvgIpc) is 3.67. The first-order chi connectivity index (χ1) is 22.5. The molecule has 0 bridgehead atoms. The van der Waals surface area contributed by atoms with E-state index in [0.29, 0.717) is 0 Å². The number of benzene rings is 6. The minimum atomic E-state index is -0.415. The third-order valence-electron chi connectivity index (χ3n) is 10.6. The molecule has 2 nitrogen and oxygen atoms in total. The van der Waals surface area contributed by atoms with Crippen LogP contribution in [0.5, 0.6) is 0 Å². The molecule has 0 saturated carbocycles. The van der Waals surface area contributed by atoms with E-state index in [2.05, 4.69) is 156 Å². The van der Waals surface area contributed by atoms with Gasteiger partial charge in [-0.1, -0.05) is 133 Å². The van der Waals surface area contributed by atoms with Crippen molar-refractivity contribution in [3.63, 3.8) is 0 Å². The van der Waals surface area contributed by atoms with Crippen molar-refractivity contribution in [1.29, 1.82) is 0 Å². The summed E-state index contributed by atoms with van der Waals surface area (Å²) in [6.45, 7) is 13.9. The number of anilines is 2. The van der Waals surface area contributed by atoms with Crippen molar-refractivity contribution in [2.75, 3.05) is 5.32 Å². The van der Waals surface area contributed by atoms with Gasteiger partial charge in [-0.05, 0) is 91.2 Å². The fourth-order valence-electron chi connectivity index (χ4n) is 8.23. The summed E-state index contributed by atoms with van der Waals surface area (Å²) in [6, 6.07) is 45.1. The maximum absolute atomic E-state index is 6.15. The lowest BCUT2D eigenvalue weighted by atomic mass is 9.69. The topological polar surface area (TPSA) is 25.2 Å². The van der Waals surface area contributed by atoms with E-state index in [-0.39, 0.29) is 10.8 Å². The highest BCUT2D eigenvalue weighted by Gasteiger charge is 2.52. The second-order valence-corrected chi connectivity index (χ2v) is 15.5. The van der Waals surface area contributed by atoms with Crippen molar-refractivity contribution in [2.45, 2.75) is 57.8 Å². The van der Waals surface area contributed by atoms with Crippen LogP contribution in [0, 0.1) is 0 Å². The largest absolute Gasteiger partial charge is 0.456 e. The molecular formula is C45H39NO. The van der Waals surface area contributed by atoms with E-state index < -0.39 is 5.41 Å². The number of rotatable bonds is 2. The number of nitrogens with one attached hydrogen (secondary N) is 1. The third-order valence-corrected chi connectivity index (χ3v) is 10.6. The van der Waals surface area contributed by atoms with E-state index in [1.54, 1.807) is 0 Å². The van der Waals surface area contributed by atoms with Gasteiger partial charge in [0, 0.05) is 27.7 Å². The second kappa shape index (κ2) is 9.48. The molecule has 1 N–H and O–H groups in total. The number of furan rings is 1. The van der Waals surface area contributed by atoms with Crippen molar-refractivity contribution < 1.29 is 4.42 Å². The summed E-state index contributed by atoms with van der Waals surface area (Å²) in [5.41, 5.74) is 17.1. The Hall–Kier alpha value is -5.08. The van der Waals surface area contributed by atoms with Gasteiger partial charge >= 0.3 is 0 Å². The van der Waals surface area contributed by atoms with Crippen LogP contribution in [0.1, 0.15) is 74.9 Å². The Kier molecular flexibility index (Phi) is 5.68. The first-order valence-corrected chi connectivity index (χ1v) is 16.8. The first-order valence-electron chi connectivity index (χ1n) is 16.8. The zero-order valence-corrected chi connectivity index (χ0v) is 28.0. The van der Waals surface area contributed by atoms with Crippen LogP contribution >= 0.6 is 0 Å². The predicted molar refractivity (Wildman–Crippen MR) is 197 cm³/mol. The number of hydrogen-bond donors (Lipinski definition) is 1. The molecule has 0 aliphatic heterocycles. The zero-order chi connectivity index (χ0) is 32.3. The van der Waals surface area contributed by atoms with Gasteiger partial charge < -0.3 is 9.73 Å². The van der Waals surface area contributed by atoms with Gasteiger partial charge in [0.25, 0.3) is 0 Å². The minimum absolute atomic E-state index is 0.0296. The van der Waals surface area contributed by atoms with Crippen LogP contribution in [0.2, 0.25) is 0 Å². The Labute approximate surface area is 277 Å². The smallest absolute Gasteiger partial charge is 0.135 e. The molecule has 0 radical (unpaired) electrons. The summed E-state index contributed by atoms with van der Waals surface area (Å²) in [7, 11) is 0. The van der Waals surface area contributed by atoms with Crippen LogP contribution in [-0.4, -0.2) is 0 Å². The molecule has 0 saturated heterocycles. The summed E-state index contributed by atoms with van der Waals surface area (Å²) in [6.07, 6.45) is 0. The van der Waals surface area contributed by atoms with Crippen molar-refractivity contribution in [2.24, 2.45) is 0 Å². The quantitative estimate of drug-likeness (QED) is 0.211. The van der Waals surface area contributed by atoms with Gasteiger partial charge in [-0.3, -0.25) is 0 Å². The fourth-order valence-corrected chi connectivity index (χ4v) is 8.23. The monoisotopic (exact) mass is 609 g/mol. The number of fused-ring (bicyclic) bond motifs is 13. The normalized spacial score (nSPS) is 14.3. The highest BCUT2D eigenvalue weighted by molar-refractivity contribution is 6.06. The van der Waals surface area contributed by atoms with Gasteiger partial charge in [0.2, 0.25) is 0 Å². The van der Waals surface area contributed by atoms with E-state index in [4.69, 9.17) is 4.42 Å². The molecule has 7 aromatic rings. The number of para-hydroxylation sites is 1. The summed E-state index contributed by atoms with van der Waals surface area (Å²) in [4.78, 5) is 0. The molecule has 47 heavy (non-hydrogen) atoms. The molecule has 9 rings (SSSR count). The molecule has 1 spiro atoms. The van der Waals surface area contributed by atoms with Crippen LogP contribution in [0.3, 0.4) is 0 Å². The fraction of sp³-hybridized carbons (Fsp3) is 0.200.